The number of carbonyl (C=O) groups excluding carboxylic acids is 1. The number of rotatable bonds is 8. The number of benzene rings is 1. The van der Waals surface area contributed by atoms with Crippen LogP contribution in [0.15, 0.2) is 24.3 Å². The molecular weight excluding hydrogens is 268 g/mol. The van der Waals surface area contributed by atoms with Gasteiger partial charge in [-0.25, -0.2) is 4.79 Å². The molecule has 21 heavy (non-hydrogen) atoms. The van der Waals surface area contributed by atoms with Gasteiger partial charge in [0.25, 0.3) is 0 Å². The van der Waals surface area contributed by atoms with Gasteiger partial charge in [-0.1, -0.05) is 31.5 Å². The van der Waals surface area contributed by atoms with Gasteiger partial charge in [-0.3, -0.25) is 0 Å². The lowest BCUT2D eigenvalue weighted by atomic mass is 9.98. The van der Waals surface area contributed by atoms with Crippen LogP contribution in [-0.4, -0.2) is 29.9 Å². The Hall–Kier alpha value is -1.75. The smallest absolute Gasteiger partial charge is 0.315 e. The third kappa shape index (κ3) is 5.63. The van der Waals surface area contributed by atoms with E-state index in [1.165, 1.54) is 0 Å². The fourth-order valence-electron chi connectivity index (χ4n) is 2.17. The van der Waals surface area contributed by atoms with Crippen LogP contribution in [0, 0.1) is 0 Å². The van der Waals surface area contributed by atoms with Gasteiger partial charge in [0.2, 0.25) is 0 Å². The standard InChI is InChI=1S/C16H26N2O3/c1-4-10-16(3,12-19)18-15(20)17-11-13-8-6-7-9-14(13)21-5-2/h6-9,19H,4-5,10-12H2,1-3H3,(H2,17,18,20). The molecule has 2 amide bonds. The van der Waals surface area contributed by atoms with Gasteiger partial charge in [0, 0.05) is 12.1 Å². The molecule has 0 aliphatic carbocycles. The number of ether oxygens (including phenoxy) is 1. The predicted octanol–water partition coefficient (Wildman–Crippen LogP) is 2.44. The Morgan fingerprint density at radius 1 is 1.33 bits per heavy atom. The lowest BCUT2D eigenvalue weighted by Crippen LogP contribution is -2.52. The number of nitrogens with one attached hydrogen (secondary N) is 2. The van der Waals surface area contributed by atoms with E-state index in [-0.39, 0.29) is 12.6 Å². The van der Waals surface area contributed by atoms with E-state index in [1.54, 1.807) is 0 Å². The van der Waals surface area contributed by atoms with E-state index in [4.69, 9.17) is 4.74 Å². The van der Waals surface area contributed by atoms with Gasteiger partial charge in [-0.05, 0) is 26.3 Å². The Bertz CT molecular complexity index is 451. The second kappa shape index (κ2) is 8.52. The molecule has 3 N–H and O–H groups in total. The van der Waals surface area contributed by atoms with E-state index in [0.29, 0.717) is 13.2 Å². The van der Waals surface area contributed by atoms with Crippen LogP contribution in [0.2, 0.25) is 0 Å². The van der Waals surface area contributed by atoms with Gasteiger partial charge < -0.3 is 20.5 Å². The summed E-state index contributed by atoms with van der Waals surface area (Å²) in [6.45, 7) is 6.67. The van der Waals surface area contributed by atoms with E-state index < -0.39 is 5.54 Å². The third-order valence-electron chi connectivity index (χ3n) is 3.28. The van der Waals surface area contributed by atoms with Crippen molar-refractivity contribution in [3.05, 3.63) is 29.8 Å². The van der Waals surface area contributed by atoms with Crippen LogP contribution >= 0.6 is 0 Å². The third-order valence-corrected chi connectivity index (χ3v) is 3.28. The Kier molecular flexibility index (Phi) is 7.02. The number of urea groups is 1. The lowest BCUT2D eigenvalue weighted by molar-refractivity contribution is 0.163. The number of carbonyl (C=O) groups is 1. The molecule has 0 radical (unpaired) electrons. The van der Waals surface area contributed by atoms with Gasteiger partial charge >= 0.3 is 6.03 Å². The van der Waals surface area contributed by atoms with Crippen molar-refractivity contribution in [2.24, 2.45) is 0 Å². The number of aliphatic hydroxyl groups excluding tert-OH is 1. The number of aliphatic hydroxyl groups is 1. The summed E-state index contributed by atoms with van der Waals surface area (Å²) in [6, 6.07) is 7.33. The first-order chi connectivity index (χ1) is 10.0. The Balaban J connectivity index is 2.57. The minimum absolute atomic E-state index is 0.0796. The molecule has 0 fully saturated rings. The average molecular weight is 294 g/mol. The van der Waals surface area contributed by atoms with Crippen LogP contribution in [-0.2, 0) is 6.54 Å². The summed E-state index contributed by atoms with van der Waals surface area (Å²) in [6.07, 6.45) is 1.62. The minimum atomic E-state index is -0.585. The second-order valence-corrected chi connectivity index (χ2v) is 5.32. The summed E-state index contributed by atoms with van der Waals surface area (Å²) in [5.74, 6) is 0.777. The average Bonchev–Trinajstić information content (AvgIpc) is 2.47. The van der Waals surface area contributed by atoms with Crippen molar-refractivity contribution >= 4 is 6.03 Å². The molecule has 0 spiro atoms. The van der Waals surface area contributed by atoms with E-state index in [0.717, 1.165) is 24.2 Å². The molecular formula is C16H26N2O3. The number of amides is 2. The normalized spacial score (nSPS) is 13.3. The quantitative estimate of drug-likeness (QED) is 0.689. The molecule has 5 nitrogen and oxygen atoms in total. The molecule has 1 aromatic rings. The van der Waals surface area contributed by atoms with Crippen molar-refractivity contribution in [1.29, 1.82) is 0 Å². The predicted molar refractivity (Wildman–Crippen MR) is 83.4 cm³/mol. The Morgan fingerprint density at radius 3 is 2.67 bits per heavy atom. The molecule has 1 aromatic carbocycles. The maximum atomic E-state index is 12.0. The number of para-hydroxylation sites is 1. The van der Waals surface area contributed by atoms with Gasteiger partial charge in [-0.15, -0.1) is 0 Å². The summed E-state index contributed by atoms with van der Waals surface area (Å²) in [7, 11) is 0. The van der Waals surface area contributed by atoms with Crippen molar-refractivity contribution in [2.75, 3.05) is 13.2 Å². The van der Waals surface area contributed by atoms with Gasteiger partial charge in [0.05, 0.1) is 18.8 Å². The van der Waals surface area contributed by atoms with Crippen LogP contribution < -0.4 is 15.4 Å². The van der Waals surface area contributed by atoms with Crippen molar-refractivity contribution in [1.82, 2.24) is 10.6 Å². The molecule has 1 unspecified atom stereocenters. The molecule has 118 valence electrons. The summed E-state index contributed by atoms with van der Waals surface area (Å²) in [5, 5.41) is 15.0. The highest BCUT2D eigenvalue weighted by Gasteiger charge is 2.24. The van der Waals surface area contributed by atoms with Crippen LogP contribution in [0.4, 0.5) is 4.79 Å². The number of hydrogen-bond acceptors (Lipinski definition) is 3. The van der Waals surface area contributed by atoms with Crippen molar-refractivity contribution in [3.8, 4) is 5.75 Å². The van der Waals surface area contributed by atoms with Crippen LogP contribution in [0.25, 0.3) is 0 Å². The van der Waals surface area contributed by atoms with E-state index in [9.17, 15) is 9.90 Å². The topological polar surface area (TPSA) is 70.6 Å². The maximum Gasteiger partial charge on any atom is 0.315 e. The molecule has 1 atom stereocenters. The summed E-state index contributed by atoms with van der Waals surface area (Å²) < 4.78 is 5.52. The second-order valence-electron chi connectivity index (χ2n) is 5.32. The SMILES string of the molecule is CCCC(C)(CO)NC(=O)NCc1ccccc1OCC. The van der Waals surface area contributed by atoms with E-state index >= 15 is 0 Å². The summed E-state index contributed by atoms with van der Waals surface area (Å²) in [4.78, 5) is 12.0. The Morgan fingerprint density at radius 2 is 2.05 bits per heavy atom. The summed E-state index contributed by atoms with van der Waals surface area (Å²) >= 11 is 0. The Labute approximate surface area is 126 Å². The zero-order chi connectivity index (χ0) is 15.7. The first kappa shape index (κ1) is 17.3. The molecule has 0 saturated heterocycles. The zero-order valence-corrected chi connectivity index (χ0v) is 13.1. The van der Waals surface area contributed by atoms with Gasteiger partial charge in [0.1, 0.15) is 5.75 Å². The van der Waals surface area contributed by atoms with E-state index in [1.807, 2.05) is 45.0 Å². The maximum absolute atomic E-state index is 12.0. The molecule has 0 aliphatic rings. The molecule has 0 aromatic heterocycles. The van der Waals surface area contributed by atoms with Gasteiger partial charge in [0.15, 0.2) is 0 Å². The highest BCUT2D eigenvalue weighted by atomic mass is 16.5. The monoisotopic (exact) mass is 294 g/mol. The molecule has 0 bridgehead atoms. The van der Waals surface area contributed by atoms with E-state index in [2.05, 4.69) is 10.6 Å². The molecule has 5 heteroatoms. The fourth-order valence-corrected chi connectivity index (χ4v) is 2.17. The van der Waals surface area contributed by atoms with Crippen molar-refractivity contribution in [3.63, 3.8) is 0 Å². The molecule has 0 heterocycles. The fraction of sp³-hybridized carbons (Fsp3) is 0.562. The largest absolute Gasteiger partial charge is 0.494 e. The minimum Gasteiger partial charge on any atom is -0.494 e. The first-order valence-electron chi connectivity index (χ1n) is 7.42. The zero-order valence-electron chi connectivity index (χ0n) is 13.1. The summed E-state index contributed by atoms with van der Waals surface area (Å²) in [5.41, 5.74) is 0.342. The van der Waals surface area contributed by atoms with Crippen molar-refractivity contribution < 1.29 is 14.6 Å². The molecule has 1 rings (SSSR count). The highest BCUT2D eigenvalue weighted by Crippen LogP contribution is 2.17. The lowest BCUT2D eigenvalue weighted by Gasteiger charge is -2.28. The molecule has 0 aliphatic heterocycles. The van der Waals surface area contributed by atoms with Crippen molar-refractivity contribution in [2.45, 2.75) is 45.7 Å². The van der Waals surface area contributed by atoms with Crippen LogP contribution in [0.1, 0.15) is 39.2 Å². The number of hydrogen-bond donors (Lipinski definition) is 3. The van der Waals surface area contributed by atoms with Crippen LogP contribution in [0.3, 0.4) is 0 Å². The highest BCUT2D eigenvalue weighted by molar-refractivity contribution is 5.74. The molecule has 0 saturated carbocycles. The van der Waals surface area contributed by atoms with Gasteiger partial charge in [-0.2, -0.15) is 0 Å². The first-order valence-corrected chi connectivity index (χ1v) is 7.42. The van der Waals surface area contributed by atoms with Crippen LogP contribution in [0.5, 0.6) is 5.75 Å².